The second kappa shape index (κ2) is 5.88. The Kier molecular flexibility index (Phi) is 3.99. The monoisotopic (exact) mass is 242 g/mol. The van der Waals surface area contributed by atoms with E-state index >= 15 is 0 Å². The van der Waals surface area contributed by atoms with Gasteiger partial charge in [0.2, 0.25) is 0 Å². The molecule has 0 bridgehead atoms. The van der Waals surface area contributed by atoms with E-state index in [1.54, 1.807) is 54.6 Å². The third kappa shape index (κ3) is 3.36. The summed E-state index contributed by atoms with van der Waals surface area (Å²) in [5.41, 5.74) is 0.355. The minimum Gasteiger partial charge on any atom is -0.501 e. The molecule has 0 amide bonds. The highest BCUT2D eigenvalue weighted by Crippen LogP contribution is 2.10. The first-order valence-corrected chi connectivity index (χ1v) is 5.41. The molecule has 2 rings (SSSR count). The van der Waals surface area contributed by atoms with Gasteiger partial charge in [-0.25, -0.2) is 4.79 Å². The molecule has 0 atom stereocenters. The van der Waals surface area contributed by atoms with Gasteiger partial charge in [0, 0.05) is 0 Å². The first-order chi connectivity index (χ1) is 8.75. The number of hydrogen-bond donors (Lipinski definition) is 1. The minimum absolute atomic E-state index is 0.355. The molecule has 0 unspecified atom stereocenters. The van der Waals surface area contributed by atoms with Gasteiger partial charge in [-0.2, -0.15) is 0 Å². The average molecular weight is 242 g/mol. The molecular formula is C13H11BO4. The Balaban J connectivity index is 1.92. The number of carbonyl (C=O) groups is 1. The highest BCUT2D eigenvalue weighted by Gasteiger charge is 2.24. The zero-order chi connectivity index (χ0) is 12.8. The number of rotatable bonds is 4. The van der Waals surface area contributed by atoms with Gasteiger partial charge in [0.15, 0.2) is 0 Å². The van der Waals surface area contributed by atoms with Crippen molar-refractivity contribution in [3.05, 3.63) is 66.2 Å². The Labute approximate surface area is 105 Å². The van der Waals surface area contributed by atoms with Gasteiger partial charge in [-0.05, 0) is 24.3 Å². The molecule has 2 aromatic carbocycles. The number of carbonyl (C=O) groups excluding carboxylic acids is 1. The fourth-order valence-corrected chi connectivity index (χ4v) is 1.37. The molecule has 0 fully saturated rings. The van der Waals surface area contributed by atoms with Gasteiger partial charge in [-0.1, -0.05) is 36.4 Å². The van der Waals surface area contributed by atoms with E-state index in [0.29, 0.717) is 11.3 Å². The van der Waals surface area contributed by atoms with Crippen molar-refractivity contribution >= 4 is 13.3 Å². The van der Waals surface area contributed by atoms with Crippen molar-refractivity contribution in [2.75, 3.05) is 0 Å². The van der Waals surface area contributed by atoms with E-state index in [1.807, 2.05) is 6.07 Å². The highest BCUT2D eigenvalue weighted by molar-refractivity contribution is 6.39. The standard InChI is InChI=1S/C13H11BO4/c15-13(11-7-3-1-4-8-11)18-14(16)17-12-9-5-2-6-10-12/h1-10,16H. The fourth-order valence-electron chi connectivity index (χ4n) is 1.37. The van der Waals surface area contributed by atoms with Gasteiger partial charge < -0.3 is 14.3 Å². The van der Waals surface area contributed by atoms with Crippen molar-refractivity contribution < 1.29 is 19.1 Å². The van der Waals surface area contributed by atoms with Crippen molar-refractivity contribution in [3.8, 4) is 5.75 Å². The molecule has 0 spiro atoms. The van der Waals surface area contributed by atoms with Crippen molar-refractivity contribution in [2.24, 2.45) is 0 Å². The molecule has 1 N–H and O–H groups in total. The molecule has 90 valence electrons. The summed E-state index contributed by atoms with van der Waals surface area (Å²) >= 11 is 0. The van der Waals surface area contributed by atoms with Crippen LogP contribution in [-0.2, 0) is 4.65 Å². The summed E-state index contributed by atoms with van der Waals surface area (Å²) in [7, 11) is -1.62. The topological polar surface area (TPSA) is 55.8 Å². The molecule has 5 heteroatoms. The maximum Gasteiger partial charge on any atom is 0.787 e. The first-order valence-electron chi connectivity index (χ1n) is 5.41. The first kappa shape index (κ1) is 12.2. The zero-order valence-electron chi connectivity index (χ0n) is 9.52. The summed E-state index contributed by atoms with van der Waals surface area (Å²) in [6.07, 6.45) is 0. The third-order valence-electron chi connectivity index (χ3n) is 2.20. The second-order valence-electron chi connectivity index (χ2n) is 3.51. The Bertz CT molecular complexity index is 501. The van der Waals surface area contributed by atoms with E-state index in [0.717, 1.165) is 0 Å². The fraction of sp³-hybridized carbons (Fsp3) is 0. The van der Waals surface area contributed by atoms with E-state index < -0.39 is 13.3 Å². The molecule has 18 heavy (non-hydrogen) atoms. The molecule has 0 saturated carbocycles. The van der Waals surface area contributed by atoms with E-state index in [-0.39, 0.29) is 0 Å². The van der Waals surface area contributed by atoms with Crippen LogP contribution in [0, 0.1) is 0 Å². The van der Waals surface area contributed by atoms with Gasteiger partial charge in [-0.3, -0.25) is 0 Å². The van der Waals surface area contributed by atoms with Gasteiger partial charge >= 0.3 is 13.3 Å². The zero-order valence-corrected chi connectivity index (χ0v) is 9.52. The smallest absolute Gasteiger partial charge is 0.501 e. The molecule has 0 aromatic heterocycles. The molecular weight excluding hydrogens is 231 g/mol. The van der Waals surface area contributed by atoms with Crippen LogP contribution in [0.3, 0.4) is 0 Å². The van der Waals surface area contributed by atoms with E-state index in [1.165, 1.54) is 0 Å². The normalized spacial score (nSPS) is 9.61. The SMILES string of the molecule is O=C(OB(O)Oc1ccccc1)c1ccccc1. The van der Waals surface area contributed by atoms with E-state index in [2.05, 4.69) is 0 Å². The number of hydrogen-bond acceptors (Lipinski definition) is 4. The summed E-state index contributed by atoms with van der Waals surface area (Å²) in [4.78, 5) is 11.6. The van der Waals surface area contributed by atoms with Gasteiger partial charge in [0.1, 0.15) is 5.75 Å². The van der Waals surface area contributed by atoms with Crippen LogP contribution in [0.5, 0.6) is 5.75 Å². The van der Waals surface area contributed by atoms with Gasteiger partial charge in [-0.15, -0.1) is 0 Å². The lowest BCUT2D eigenvalue weighted by atomic mass is 10.2. The lowest BCUT2D eigenvalue weighted by molar-refractivity contribution is 0.0656. The number of benzene rings is 2. The quantitative estimate of drug-likeness (QED) is 0.832. The van der Waals surface area contributed by atoms with Crippen LogP contribution >= 0.6 is 0 Å². The van der Waals surface area contributed by atoms with E-state index in [9.17, 15) is 9.82 Å². The predicted octanol–water partition coefficient (Wildman–Crippen LogP) is 1.90. The third-order valence-corrected chi connectivity index (χ3v) is 2.20. The van der Waals surface area contributed by atoms with Gasteiger partial charge in [0.25, 0.3) is 0 Å². The van der Waals surface area contributed by atoms with Crippen LogP contribution in [0.15, 0.2) is 60.7 Å². The van der Waals surface area contributed by atoms with Crippen LogP contribution in [0.25, 0.3) is 0 Å². The molecule has 0 saturated heterocycles. The number of para-hydroxylation sites is 1. The Morgan fingerprint density at radius 3 is 2.11 bits per heavy atom. The highest BCUT2D eigenvalue weighted by atomic mass is 16.7. The van der Waals surface area contributed by atoms with Crippen molar-refractivity contribution in [2.45, 2.75) is 0 Å². The van der Waals surface area contributed by atoms with Crippen LogP contribution in [-0.4, -0.2) is 18.3 Å². The molecule has 0 radical (unpaired) electrons. The molecule has 0 aliphatic carbocycles. The molecule has 0 aliphatic rings. The van der Waals surface area contributed by atoms with Crippen molar-refractivity contribution in [1.29, 1.82) is 0 Å². The Morgan fingerprint density at radius 1 is 0.944 bits per heavy atom. The average Bonchev–Trinajstić information content (AvgIpc) is 2.40. The predicted molar refractivity (Wildman–Crippen MR) is 66.9 cm³/mol. The summed E-state index contributed by atoms with van der Waals surface area (Å²) in [6, 6.07) is 17.0. The lowest BCUT2D eigenvalue weighted by Crippen LogP contribution is -2.29. The van der Waals surface area contributed by atoms with Gasteiger partial charge in [0.05, 0.1) is 5.56 Å². The molecule has 0 aliphatic heterocycles. The van der Waals surface area contributed by atoms with Crippen LogP contribution < -0.4 is 4.65 Å². The summed E-state index contributed by atoms with van der Waals surface area (Å²) in [5.74, 6) is -0.218. The lowest BCUT2D eigenvalue weighted by Gasteiger charge is -2.09. The minimum atomic E-state index is -1.62. The Morgan fingerprint density at radius 2 is 1.50 bits per heavy atom. The maximum absolute atomic E-state index is 11.6. The maximum atomic E-state index is 11.6. The molecule has 4 nitrogen and oxygen atoms in total. The Hall–Kier alpha value is -2.27. The largest absolute Gasteiger partial charge is 0.787 e. The van der Waals surface area contributed by atoms with Crippen LogP contribution in [0.4, 0.5) is 0 Å². The second-order valence-corrected chi connectivity index (χ2v) is 3.51. The summed E-state index contributed by atoms with van der Waals surface area (Å²) in [5, 5.41) is 9.47. The van der Waals surface area contributed by atoms with Crippen LogP contribution in [0.2, 0.25) is 0 Å². The van der Waals surface area contributed by atoms with Crippen molar-refractivity contribution in [1.82, 2.24) is 0 Å². The van der Waals surface area contributed by atoms with Crippen LogP contribution in [0.1, 0.15) is 10.4 Å². The molecule has 0 heterocycles. The summed E-state index contributed by atoms with van der Waals surface area (Å²) < 4.78 is 9.75. The van der Waals surface area contributed by atoms with E-state index in [4.69, 9.17) is 9.31 Å². The van der Waals surface area contributed by atoms with Crippen molar-refractivity contribution in [3.63, 3.8) is 0 Å². The molecule has 2 aromatic rings. The summed E-state index contributed by atoms with van der Waals surface area (Å²) in [6.45, 7) is 0.